The molecule has 0 aromatic heterocycles. The number of amides is 2. The summed E-state index contributed by atoms with van der Waals surface area (Å²) in [6.07, 6.45) is 3.89. The van der Waals surface area contributed by atoms with E-state index in [1.54, 1.807) is 0 Å². The number of halogens is 1. The summed E-state index contributed by atoms with van der Waals surface area (Å²) in [7, 11) is 0. The Bertz CT molecular complexity index is 567. The Kier molecular flexibility index (Phi) is 6.63. The molecule has 0 aliphatic carbocycles. The van der Waals surface area contributed by atoms with Gasteiger partial charge in [-0.15, -0.1) is 12.4 Å². The quantitative estimate of drug-likeness (QED) is 0.903. The van der Waals surface area contributed by atoms with Crippen LogP contribution in [-0.4, -0.2) is 47.3 Å². The number of likely N-dealkylation sites (tertiary alicyclic amines) is 2. The van der Waals surface area contributed by atoms with Crippen molar-refractivity contribution in [3.63, 3.8) is 0 Å². The zero-order valence-electron chi connectivity index (χ0n) is 13.9. The second kappa shape index (κ2) is 8.49. The van der Waals surface area contributed by atoms with E-state index in [0.717, 1.165) is 37.9 Å². The van der Waals surface area contributed by atoms with Gasteiger partial charge in [0.25, 0.3) is 0 Å². The molecule has 5 nitrogen and oxygen atoms in total. The molecule has 0 radical (unpaired) electrons. The topological polar surface area (TPSA) is 66.6 Å². The van der Waals surface area contributed by atoms with Crippen molar-refractivity contribution in [2.45, 2.75) is 44.2 Å². The van der Waals surface area contributed by atoms with E-state index in [-0.39, 0.29) is 36.3 Å². The summed E-state index contributed by atoms with van der Waals surface area (Å²) in [6.45, 7) is 2.28. The largest absolute Gasteiger partial charge is 0.341 e. The van der Waals surface area contributed by atoms with Crippen LogP contribution in [0.4, 0.5) is 0 Å². The highest BCUT2D eigenvalue weighted by Gasteiger charge is 2.33. The molecular weight excluding hydrogens is 326 g/mol. The molecule has 2 fully saturated rings. The molecule has 24 heavy (non-hydrogen) atoms. The third-order valence-corrected chi connectivity index (χ3v) is 4.92. The zero-order chi connectivity index (χ0) is 16.2. The average molecular weight is 352 g/mol. The molecule has 0 spiro atoms. The molecule has 2 unspecified atom stereocenters. The van der Waals surface area contributed by atoms with E-state index in [1.165, 1.54) is 0 Å². The van der Waals surface area contributed by atoms with Gasteiger partial charge in [0.2, 0.25) is 11.8 Å². The van der Waals surface area contributed by atoms with Crippen LogP contribution >= 0.6 is 12.4 Å². The lowest BCUT2D eigenvalue weighted by Crippen LogP contribution is -2.50. The molecule has 2 amide bonds. The number of nitrogens with zero attached hydrogens (tertiary/aromatic N) is 2. The molecule has 6 heteroatoms. The van der Waals surface area contributed by atoms with Crippen molar-refractivity contribution in [3.05, 3.63) is 35.9 Å². The monoisotopic (exact) mass is 351 g/mol. The molecule has 1 aromatic carbocycles. The van der Waals surface area contributed by atoms with Gasteiger partial charge in [-0.3, -0.25) is 9.59 Å². The molecule has 2 atom stereocenters. The fraction of sp³-hybridized carbons (Fsp3) is 0.556. The molecule has 0 saturated carbocycles. The predicted octanol–water partition coefficient (Wildman–Crippen LogP) is 2.11. The first-order valence-corrected chi connectivity index (χ1v) is 8.53. The first kappa shape index (κ1) is 18.7. The van der Waals surface area contributed by atoms with Gasteiger partial charge in [-0.25, -0.2) is 0 Å². The summed E-state index contributed by atoms with van der Waals surface area (Å²) >= 11 is 0. The Morgan fingerprint density at radius 3 is 2.62 bits per heavy atom. The van der Waals surface area contributed by atoms with Crippen molar-refractivity contribution in [1.29, 1.82) is 0 Å². The molecule has 2 heterocycles. The fourth-order valence-corrected chi connectivity index (χ4v) is 3.63. The van der Waals surface area contributed by atoms with Crippen LogP contribution in [0.2, 0.25) is 0 Å². The Hall–Kier alpha value is -1.59. The summed E-state index contributed by atoms with van der Waals surface area (Å²) in [4.78, 5) is 28.3. The van der Waals surface area contributed by atoms with Gasteiger partial charge in [-0.1, -0.05) is 30.3 Å². The van der Waals surface area contributed by atoms with Gasteiger partial charge in [0.1, 0.15) is 0 Å². The molecular formula is C18H26ClN3O2. The molecule has 0 bridgehead atoms. The Labute approximate surface area is 149 Å². The van der Waals surface area contributed by atoms with Gasteiger partial charge in [-0.2, -0.15) is 0 Å². The maximum absolute atomic E-state index is 12.6. The minimum atomic E-state index is -0.266. The van der Waals surface area contributed by atoms with E-state index >= 15 is 0 Å². The van der Waals surface area contributed by atoms with Crippen LogP contribution in [0.5, 0.6) is 0 Å². The van der Waals surface area contributed by atoms with Crippen LogP contribution in [-0.2, 0) is 9.59 Å². The lowest BCUT2D eigenvalue weighted by Gasteiger charge is -2.38. The number of piperidine rings is 1. The molecule has 1 aromatic rings. The summed E-state index contributed by atoms with van der Waals surface area (Å²) in [5, 5.41) is 0. The Morgan fingerprint density at radius 1 is 1.21 bits per heavy atom. The van der Waals surface area contributed by atoms with Crippen molar-refractivity contribution in [1.82, 2.24) is 9.80 Å². The number of hydrogen-bond donors (Lipinski definition) is 1. The van der Waals surface area contributed by atoms with Gasteiger partial charge in [0, 0.05) is 44.6 Å². The molecule has 2 aliphatic heterocycles. The SMILES string of the molecule is Cl.NC(CC(=O)N1CCCC(N2CCCC2=O)C1)c1ccccc1. The lowest BCUT2D eigenvalue weighted by molar-refractivity contribution is -0.137. The second-order valence-electron chi connectivity index (χ2n) is 6.55. The van der Waals surface area contributed by atoms with Gasteiger partial charge < -0.3 is 15.5 Å². The zero-order valence-corrected chi connectivity index (χ0v) is 14.7. The van der Waals surface area contributed by atoms with E-state index < -0.39 is 0 Å². The van der Waals surface area contributed by atoms with Crippen molar-refractivity contribution in [2.75, 3.05) is 19.6 Å². The predicted molar refractivity (Wildman–Crippen MR) is 95.8 cm³/mol. The maximum Gasteiger partial charge on any atom is 0.224 e. The molecule has 2 aliphatic rings. The number of nitrogens with two attached hydrogens (primary N) is 1. The van der Waals surface area contributed by atoms with Crippen molar-refractivity contribution in [3.8, 4) is 0 Å². The van der Waals surface area contributed by atoms with Crippen LogP contribution in [0.3, 0.4) is 0 Å². The number of carbonyl (C=O) groups is 2. The molecule has 132 valence electrons. The highest BCUT2D eigenvalue weighted by atomic mass is 35.5. The summed E-state index contributed by atoms with van der Waals surface area (Å²) in [5.74, 6) is 0.336. The number of rotatable bonds is 4. The van der Waals surface area contributed by atoms with Crippen LogP contribution in [0.1, 0.15) is 43.7 Å². The number of benzene rings is 1. The maximum atomic E-state index is 12.6. The molecule has 2 N–H and O–H groups in total. The summed E-state index contributed by atoms with van der Waals surface area (Å²) in [5.41, 5.74) is 7.16. The smallest absolute Gasteiger partial charge is 0.224 e. The molecule has 3 rings (SSSR count). The average Bonchev–Trinajstić information content (AvgIpc) is 3.02. The second-order valence-corrected chi connectivity index (χ2v) is 6.55. The van der Waals surface area contributed by atoms with E-state index in [1.807, 2.05) is 40.1 Å². The Balaban J connectivity index is 0.00000208. The van der Waals surface area contributed by atoms with Crippen molar-refractivity contribution >= 4 is 24.2 Å². The minimum Gasteiger partial charge on any atom is -0.341 e. The van der Waals surface area contributed by atoms with Gasteiger partial charge in [0.15, 0.2) is 0 Å². The minimum absolute atomic E-state index is 0. The molecule has 2 saturated heterocycles. The van der Waals surface area contributed by atoms with Crippen LogP contribution in [0.25, 0.3) is 0 Å². The summed E-state index contributed by atoms with van der Waals surface area (Å²) < 4.78 is 0. The van der Waals surface area contributed by atoms with Gasteiger partial charge >= 0.3 is 0 Å². The highest BCUT2D eigenvalue weighted by Crippen LogP contribution is 2.23. The number of hydrogen-bond acceptors (Lipinski definition) is 3. The van der Waals surface area contributed by atoms with E-state index in [2.05, 4.69) is 0 Å². The first-order valence-electron chi connectivity index (χ1n) is 8.53. The fourth-order valence-electron chi connectivity index (χ4n) is 3.63. The van der Waals surface area contributed by atoms with Crippen LogP contribution < -0.4 is 5.73 Å². The van der Waals surface area contributed by atoms with Crippen molar-refractivity contribution < 1.29 is 9.59 Å². The lowest BCUT2D eigenvalue weighted by atomic mass is 10.0. The van der Waals surface area contributed by atoms with Crippen LogP contribution in [0, 0.1) is 0 Å². The standard InChI is InChI=1S/C18H25N3O2.ClH/c19-16(14-6-2-1-3-7-14)12-18(23)20-10-4-8-15(13-20)21-11-5-9-17(21)22;/h1-3,6-7,15-16H,4-5,8-13,19H2;1H. The third-order valence-electron chi connectivity index (χ3n) is 4.92. The van der Waals surface area contributed by atoms with Gasteiger partial charge in [-0.05, 0) is 24.8 Å². The number of carbonyl (C=O) groups excluding carboxylic acids is 2. The summed E-state index contributed by atoms with van der Waals surface area (Å²) in [6, 6.07) is 9.67. The Morgan fingerprint density at radius 2 is 1.96 bits per heavy atom. The highest BCUT2D eigenvalue weighted by molar-refractivity contribution is 5.85. The van der Waals surface area contributed by atoms with Crippen molar-refractivity contribution in [2.24, 2.45) is 5.73 Å². The van der Waals surface area contributed by atoms with Gasteiger partial charge in [0.05, 0.1) is 0 Å². The van der Waals surface area contributed by atoms with E-state index in [9.17, 15) is 9.59 Å². The first-order chi connectivity index (χ1) is 11.1. The van der Waals surface area contributed by atoms with E-state index in [4.69, 9.17) is 5.73 Å². The van der Waals surface area contributed by atoms with E-state index in [0.29, 0.717) is 19.4 Å². The van der Waals surface area contributed by atoms with Crippen LogP contribution in [0.15, 0.2) is 30.3 Å². The normalized spacial score (nSPS) is 22.2. The third kappa shape index (κ3) is 4.28.